The van der Waals surface area contributed by atoms with E-state index < -0.39 is 11.4 Å². The zero-order chi connectivity index (χ0) is 20.9. The number of hydrogen-bond acceptors (Lipinski definition) is 1. The van der Waals surface area contributed by atoms with Gasteiger partial charge in [0.1, 0.15) is 0 Å². The predicted molar refractivity (Wildman–Crippen MR) is 124 cm³/mol. The van der Waals surface area contributed by atoms with Crippen LogP contribution in [0, 0.1) is 5.41 Å². The predicted octanol–water partition coefficient (Wildman–Crippen LogP) is 9.09. The Labute approximate surface area is 176 Å². The number of carbonyl (C=O) groups is 1. The average Bonchev–Trinajstić information content (AvgIpc) is 2.69. The minimum Gasteiger partial charge on any atom is -0.481 e. The third-order valence-electron chi connectivity index (χ3n) is 6.31. The molecule has 0 spiro atoms. The maximum atomic E-state index is 11.9. The highest BCUT2D eigenvalue weighted by Gasteiger charge is 2.35. The number of aliphatic carboxylic acids is 1. The highest BCUT2D eigenvalue weighted by Crippen LogP contribution is 2.35. The molecular weight excluding hydrogens is 344 g/mol. The zero-order valence-corrected chi connectivity index (χ0v) is 19.4. The summed E-state index contributed by atoms with van der Waals surface area (Å²) in [6, 6.07) is 0. The number of unbranched alkanes of at least 4 members (excludes halogenated alkanes) is 13. The molecule has 2 heteroatoms. The van der Waals surface area contributed by atoms with E-state index in [1.165, 1.54) is 89.9 Å². The SMILES string of the molecule is CCCCCCCCC=CCCCCCCC(CC)(CCCCCC)C(=O)O. The molecule has 0 saturated carbocycles. The van der Waals surface area contributed by atoms with Gasteiger partial charge in [0.25, 0.3) is 0 Å². The van der Waals surface area contributed by atoms with Gasteiger partial charge in [-0.25, -0.2) is 0 Å². The Morgan fingerprint density at radius 2 is 1.04 bits per heavy atom. The monoisotopic (exact) mass is 394 g/mol. The van der Waals surface area contributed by atoms with E-state index in [1.807, 2.05) is 0 Å². The summed E-state index contributed by atoms with van der Waals surface area (Å²) in [5.74, 6) is -0.566. The molecular formula is C26H50O2. The van der Waals surface area contributed by atoms with E-state index in [4.69, 9.17) is 0 Å². The fourth-order valence-corrected chi connectivity index (χ4v) is 4.09. The molecule has 0 aliphatic heterocycles. The molecule has 0 aromatic rings. The summed E-state index contributed by atoms with van der Waals surface area (Å²) in [7, 11) is 0. The van der Waals surface area contributed by atoms with E-state index in [0.717, 1.165) is 32.1 Å². The Balaban J connectivity index is 3.76. The zero-order valence-electron chi connectivity index (χ0n) is 19.4. The van der Waals surface area contributed by atoms with Gasteiger partial charge in [0.2, 0.25) is 0 Å². The molecule has 1 unspecified atom stereocenters. The number of carboxylic acids is 1. The summed E-state index contributed by atoms with van der Waals surface area (Å²) in [5, 5.41) is 9.77. The molecule has 28 heavy (non-hydrogen) atoms. The van der Waals surface area contributed by atoms with Crippen molar-refractivity contribution in [1.29, 1.82) is 0 Å². The van der Waals surface area contributed by atoms with E-state index in [-0.39, 0.29) is 0 Å². The Kier molecular flexibility index (Phi) is 19.0. The minimum absolute atomic E-state index is 0.467. The number of hydrogen-bond donors (Lipinski definition) is 1. The fraction of sp³-hybridized carbons (Fsp3) is 0.885. The number of rotatable bonds is 21. The van der Waals surface area contributed by atoms with Crippen molar-refractivity contribution >= 4 is 5.97 Å². The Morgan fingerprint density at radius 3 is 1.46 bits per heavy atom. The lowest BCUT2D eigenvalue weighted by atomic mass is 9.76. The van der Waals surface area contributed by atoms with Gasteiger partial charge >= 0.3 is 5.97 Å². The third-order valence-corrected chi connectivity index (χ3v) is 6.31. The van der Waals surface area contributed by atoms with E-state index in [1.54, 1.807) is 0 Å². The lowest BCUT2D eigenvalue weighted by molar-refractivity contribution is -0.150. The highest BCUT2D eigenvalue weighted by atomic mass is 16.4. The summed E-state index contributed by atoms with van der Waals surface area (Å²) in [6.45, 7) is 6.53. The summed E-state index contributed by atoms with van der Waals surface area (Å²) in [5.41, 5.74) is -0.467. The molecule has 0 fully saturated rings. The van der Waals surface area contributed by atoms with Crippen LogP contribution in [0.15, 0.2) is 12.2 Å². The minimum atomic E-state index is -0.566. The van der Waals surface area contributed by atoms with Crippen LogP contribution < -0.4 is 0 Å². The molecule has 0 aromatic heterocycles. The lowest BCUT2D eigenvalue weighted by Crippen LogP contribution is -2.30. The number of carboxylic acid groups (broad SMARTS) is 1. The first-order valence-electron chi connectivity index (χ1n) is 12.5. The van der Waals surface area contributed by atoms with Gasteiger partial charge in [-0.15, -0.1) is 0 Å². The molecule has 0 amide bonds. The highest BCUT2D eigenvalue weighted by molar-refractivity contribution is 5.74. The van der Waals surface area contributed by atoms with E-state index >= 15 is 0 Å². The van der Waals surface area contributed by atoms with Crippen molar-refractivity contribution in [3.63, 3.8) is 0 Å². The molecule has 0 saturated heterocycles. The van der Waals surface area contributed by atoms with Crippen LogP contribution >= 0.6 is 0 Å². The molecule has 166 valence electrons. The maximum absolute atomic E-state index is 11.9. The van der Waals surface area contributed by atoms with Crippen LogP contribution in [0.4, 0.5) is 0 Å². The molecule has 1 N–H and O–H groups in total. The first kappa shape index (κ1) is 27.2. The molecule has 0 bridgehead atoms. The maximum Gasteiger partial charge on any atom is 0.309 e. The standard InChI is InChI=1S/C26H50O2/c1-4-7-9-11-12-13-14-15-16-17-18-19-20-22-24-26(6-3,25(27)28)23-21-10-8-5-2/h15-16H,4-14,17-24H2,1-3H3,(H,27,28). The van der Waals surface area contributed by atoms with E-state index in [0.29, 0.717) is 0 Å². The van der Waals surface area contributed by atoms with Gasteiger partial charge in [-0.2, -0.15) is 0 Å². The summed E-state index contributed by atoms with van der Waals surface area (Å²) in [4.78, 5) is 11.9. The lowest BCUT2D eigenvalue weighted by Gasteiger charge is -2.28. The molecule has 0 aromatic carbocycles. The van der Waals surface area contributed by atoms with Crippen LogP contribution in [-0.4, -0.2) is 11.1 Å². The van der Waals surface area contributed by atoms with Gasteiger partial charge in [-0.05, 0) is 44.9 Å². The normalized spacial score (nSPS) is 13.8. The quantitative estimate of drug-likeness (QED) is 0.156. The summed E-state index contributed by atoms with van der Waals surface area (Å²) >= 11 is 0. The van der Waals surface area contributed by atoms with Gasteiger partial charge in [0, 0.05) is 0 Å². The second-order valence-electron chi connectivity index (χ2n) is 8.73. The first-order valence-corrected chi connectivity index (χ1v) is 12.5. The smallest absolute Gasteiger partial charge is 0.309 e. The second-order valence-corrected chi connectivity index (χ2v) is 8.73. The second kappa shape index (κ2) is 19.5. The molecule has 0 heterocycles. The van der Waals surface area contributed by atoms with Crippen molar-refractivity contribution in [1.82, 2.24) is 0 Å². The van der Waals surface area contributed by atoms with Crippen molar-refractivity contribution in [2.24, 2.45) is 5.41 Å². The topological polar surface area (TPSA) is 37.3 Å². The van der Waals surface area contributed by atoms with E-state index in [9.17, 15) is 9.90 Å². The van der Waals surface area contributed by atoms with Crippen LogP contribution in [-0.2, 0) is 4.79 Å². The van der Waals surface area contributed by atoms with Crippen molar-refractivity contribution in [3.05, 3.63) is 12.2 Å². The fourth-order valence-electron chi connectivity index (χ4n) is 4.09. The van der Waals surface area contributed by atoms with Crippen molar-refractivity contribution in [2.75, 3.05) is 0 Å². The van der Waals surface area contributed by atoms with Crippen molar-refractivity contribution in [2.45, 2.75) is 143 Å². The molecule has 0 aliphatic rings. The van der Waals surface area contributed by atoms with Crippen LogP contribution in [0.2, 0.25) is 0 Å². The van der Waals surface area contributed by atoms with Crippen molar-refractivity contribution in [3.8, 4) is 0 Å². The van der Waals surface area contributed by atoms with Crippen LogP contribution in [0.5, 0.6) is 0 Å². The van der Waals surface area contributed by atoms with Gasteiger partial charge in [0.05, 0.1) is 5.41 Å². The Bertz CT molecular complexity index is 375. The molecule has 0 rings (SSSR count). The van der Waals surface area contributed by atoms with Crippen LogP contribution in [0.3, 0.4) is 0 Å². The number of allylic oxidation sites excluding steroid dienone is 2. The molecule has 1 atom stereocenters. The summed E-state index contributed by atoms with van der Waals surface area (Å²) < 4.78 is 0. The van der Waals surface area contributed by atoms with Gasteiger partial charge in [-0.1, -0.05) is 110 Å². The molecule has 0 aliphatic carbocycles. The van der Waals surface area contributed by atoms with Gasteiger partial charge in [0.15, 0.2) is 0 Å². The van der Waals surface area contributed by atoms with Crippen LogP contribution in [0.25, 0.3) is 0 Å². The molecule has 0 radical (unpaired) electrons. The van der Waals surface area contributed by atoms with Crippen LogP contribution in [0.1, 0.15) is 143 Å². The molecule has 2 nitrogen and oxygen atoms in total. The van der Waals surface area contributed by atoms with Gasteiger partial charge in [-0.3, -0.25) is 4.79 Å². The van der Waals surface area contributed by atoms with Gasteiger partial charge < -0.3 is 5.11 Å². The third kappa shape index (κ3) is 14.2. The van der Waals surface area contributed by atoms with E-state index in [2.05, 4.69) is 32.9 Å². The average molecular weight is 395 g/mol. The Hall–Kier alpha value is -0.790. The summed E-state index contributed by atoms with van der Waals surface area (Å²) in [6.07, 6.45) is 27.3. The first-order chi connectivity index (χ1) is 13.6. The van der Waals surface area contributed by atoms with Crippen molar-refractivity contribution < 1.29 is 9.90 Å². The largest absolute Gasteiger partial charge is 0.481 e. The Morgan fingerprint density at radius 1 is 0.643 bits per heavy atom.